The van der Waals surface area contributed by atoms with Gasteiger partial charge in [0.05, 0.1) is 17.5 Å². The molecule has 3 rings (SSSR count). The average molecular weight is 315 g/mol. The Hall–Kier alpha value is -0.920. The maximum absolute atomic E-state index is 13.9. The Morgan fingerprint density at radius 1 is 0.909 bits per heavy atom. The van der Waals surface area contributed by atoms with Crippen molar-refractivity contribution in [1.29, 1.82) is 0 Å². The SMILES string of the molecule is O=C([C@@H]1CCCN1F)C1(C(=O)[C@@H]2CCCN2F)CCNCC1. The average Bonchev–Trinajstić information content (AvgIpc) is 3.14. The Labute approximate surface area is 128 Å². The van der Waals surface area contributed by atoms with Crippen LogP contribution in [0, 0.1) is 5.41 Å². The van der Waals surface area contributed by atoms with Gasteiger partial charge in [0, 0.05) is 13.1 Å². The number of carbonyl (C=O) groups excluding carboxylic acids is 2. The van der Waals surface area contributed by atoms with E-state index in [1.807, 2.05) is 0 Å². The van der Waals surface area contributed by atoms with Gasteiger partial charge in [-0.3, -0.25) is 9.59 Å². The number of ketones is 2. The summed E-state index contributed by atoms with van der Waals surface area (Å²) in [5.41, 5.74) is -1.22. The summed E-state index contributed by atoms with van der Waals surface area (Å²) in [7, 11) is 0. The van der Waals surface area contributed by atoms with Gasteiger partial charge in [0.25, 0.3) is 0 Å². The van der Waals surface area contributed by atoms with Crippen LogP contribution in [0.5, 0.6) is 0 Å². The van der Waals surface area contributed by atoms with E-state index in [2.05, 4.69) is 5.32 Å². The van der Waals surface area contributed by atoms with E-state index in [0.717, 1.165) is 0 Å². The fourth-order valence-corrected chi connectivity index (χ4v) is 4.09. The van der Waals surface area contributed by atoms with E-state index < -0.39 is 17.5 Å². The van der Waals surface area contributed by atoms with Crippen LogP contribution in [0.15, 0.2) is 0 Å². The van der Waals surface area contributed by atoms with Crippen LogP contribution in [0.2, 0.25) is 0 Å². The molecule has 3 heterocycles. The van der Waals surface area contributed by atoms with Crippen LogP contribution >= 0.6 is 0 Å². The van der Waals surface area contributed by atoms with Gasteiger partial charge in [-0.15, -0.1) is 19.2 Å². The quantitative estimate of drug-likeness (QED) is 0.624. The van der Waals surface area contributed by atoms with Crippen molar-refractivity contribution >= 4 is 11.6 Å². The Bertz CT molecular complexity index is 420. The van der Waals surface area contributed by atoms with Crippen molar-refractivity contribution in [2.45, 2.75) is 50.6 Å². The molecule has 124 valence electrons. The fourth-order valence-electron chi connectivity index (χ4n) is 4.09. The van der Waals surface area contributed by atoms with Crippen molar-refractivity contribution in [2.75, 3.05) is 26.2 Å². The first-order valence-corrected chi connectivity index (χ1v) is 8.20. The highest BCUT2D eigenvalue weighted by molar-refractivity contribution is 6.11. The van der Waals surface area contributed by atoms with E-state index in [1.165, 1.54) is 0 Å². The molecule has 0 amide bonds. The summed E-state index contributed by atoms with van der Waals surface area (Å²) in [6.45, 7) is 1.54. The second kappa shape index (κ2) is 6.29. The molecule has 0 radical (unpaired) electrons. The first-order valence-electron chi connectivity index (χ1n) is 8.20. The highest BCUT2D eigenvalue weighted by Crippen LogP contribution is 2.39. The zero-order valence-electron chi connectivity index (χ0n) is 12.7. The first-order chi connectivity index (χ1) is 10.6. The van der Waals surface area contributed by atoms with Crippen LogP contribution in [0.25, 0.3) is 0 Å². The smallest absolute Gasteiger partial charge is 0.166 e. The zero-order valence-corrected chi connectivity index (χ0v) is 12.7. The van der Waals surface area contributed by atoms with Gasteiger partial charge in [-0.1, -0.05) is 0 Å². The van der Waals surface area contributed by atoms with Crippen molar-refractivity contribution in [1.82, 2.24) is 15.6 Å². The maximum atomic E-state index is 13.9. The molecule has 2 atom stereocenters. The molecule has 3 aliphatic rings. The summed E-state index contributed by atoms with van der Waals surface area (Å²) < 4.78 is 27.8. The number of hydrogen-bond donors (Lipinski definition) is 1. The first kappa shape index (κ1) is 16.0. The Morgan fingerprint density at radius 2 is 1.36 bits per heavy atom. The number of piperidine rings is 1. The van der Waals surface area contributed by atoms with E-state index in [1.54, 1.807) is 0 Å². The monoisotopic (exact) mass is 315 g/mol. The number of carbonyl (C=O) groups is 2. The highest BCUT2D eigenvalue weighted by Gasteiger charge is 2.54. The summed E-state index contributed by atoms with van der Waals surface area (Å²) in [6.07, 6.45) is 2.82. The van der Waals surface area contributed by atoms with E-state index in [4.69, 9.17) is 0 Å². The van der Waals surface area contributed by atoms with Gasteiger partial charge < -0.3 is 5.32 Å². The number of nitrogens with zero attached hydrogens (tertiary/aromatic N) is 2. The van der Waals surface area contributed by atoms with E-state index in [-0.39, 0.29) is 24.7 Å². The van der Waals surface area contributed by atoms with Gasteiger partial charge in [-0.05, 0) is 51.6 Å². The normalized spacial score (nSPS) is 33.2. The molecule has 0 spiro atoms. The van der Waals surface area contributed by atoms with Gasteiger partial charge in [0.2, 0.25) is 0 Å². The topological polar surface area (TPSA) is 52.7 Å². The molecule has 0 aromatic rings. The lowest BCUT2D eigenvalue weighted by Gasteiger charge is -2.39. The molecule has 0 aromatic carbocycles. The third-order valence-electron chi connectivity index (χ3n) is 5.38. The second-order valence-corrected chi connectivity index (χ2v) is 6.62. The standard InChI is InChI=1S/C15H23F2N3O2/c16-19-9-1-3-11(19)13(21)15(5-7-18-8-6-15)14(22)12-4-2-10-20(12)17/h11-12,18H,1-10H2/t11-,12-/m0/s1. The Balaban J connectivity index is 1.87. The fraction of sp³-hybridized carbons (Fsp3) is 0.867. The molecule has 0 bridgehead atoms. The molecule has 1 N–H and O–H groups in total. The predicted octanol–water partition coefficient (Wildman–Crippen LogP) is 1.19. The van der Waals surface area contributed by atoms with Crippen molar-refractivity contribution in [3.8, 4) is 0 Å². The Morgan fingerprint density at radius 3 is 1.73 bits per heavy atom. The molecule has 5 nitrogen and oxygen atoms in total. The minimum absolute atomic E-state index is 0.234. The van der Waals surface area contributed by atoms with Gasteiger partial charge in [-0.2, -0.15) is 0 Å². The van der Waals surface area contributed by atoms with Gasteiger partial charge in [0.1, 0.15) is 0 Å². The third kappa shape index (κ3) is 2.59. The minimum Gasteiger partial charge on any atom is -0.317 e. The van der Waals surface area contributed by atoms with Crippen LogP contribution < -0.4 is 5.32 Å². The molecule has 0 aliphatic carbocycles. The summed E-state index contributed by atoms with van der Waals surface area (Å²) in [4.78, 5) is 25.9. The van der Waals surface area contributed by atoms with Crippen molar-refractivity contribution in [3.05, 3.63) is 0 Å². The van der Waals surface area contributed by atoms with Crippen molar-refractivity contribution < 1.29 is 18.6 Å². The lowest BCUT2D eigenvalue weighted by molar-refractivity contribution is -0.154. The number of nitrogens with one attached hydrogen (secondary N) is 1. The van der Waals surface area contributed by atoms with E-state index >= 15 is 0 Å². The summed E-state index contributed by atoms with van der Waals surface area (Å²) in [5, 5.41) is 4.25. The van der Waals surface area contributed by atoms with Crippen LogP contribution in [-0.4, -0.2) is 60.1 Å². The largest absolute Gasteiger partial charge is 0.317 e. The van der Waals surface area contributed by atoms with Crippen LogP contribution in [0.4, 0.5) is 8.96 Å². The van der Waals surface area contributed by atoms with Crippen LogP contribution in [0.3, 0.4) is 0 Å². The molecule has 0 unspecified atom stereocenters. The second-order valence-electron chi connectivity index (χ2n) is 6.62. The maximum Gasteiger partial charge on any atom is 0.166 e. The van der Waals surface area contributed by atoms with E-state index in [0.29, 0.717) is 61.9 Å². The zero-order chi connectivity index (χ0) is 15.7. The van der Waals surface area contributed by atoms with Gasteiger partial charge in [0.15, 0.2) is 11.6 Å². The molecule has 3 aliphatic heterocycles. The molecular weight excluding hydrogens is 292 g/mol. The molecule has 0 aromatic heterocycles. The summed E-state index contributed by atoms with van der Waals surface area (Å²) in [6, 6.07) is -1.67. The molecule has 7 heteroatoms. The molecular formula is C15H23F2N3O2. The molecule has 3 fully saturated rings. The van der Waals surface area contributed by atoms with Crippen LogP contribution in [-0.2, 0) is 9.59 Å². The highest BCUT2D eigenvalue weighted by atomic mass is 19.2. The van der Waals surface area contributed by atoms with Gasteiger partial charge >= 0.3 is 0 Å². The van der Waals surface area contributed by atoms with Crippen LogP contribution in [0.1, 0.15) is 38.5 Å². The third-order valence-corrected chi connectivity index (χ3v) is 5.38. The molecule has 3 saturated heterocycles. The lowest BCUT2D eigenvalue weighted by atomic mass is 9.67. The van der Waals surface area contributed by atoms with Crippen molar-refractivity contribution in [2.24, 2.45) is 5.41 Å². The minimum atomic E-state index is -1.22. The summed E-state index contributed by atoms with van der Waals surface area (Å²) in [5.74, 6) is -0.668. The lowest BCUT2D eigenvalue weighted by Crippen LogP contribution is -2.56. The number of halogens is 2. The molecule has 22 heavy (non-hydrogen) atoms. The number of rotatable bonds is 4. The Kier molecular flexibility index (Phi) is 4.56. The van der Waals surface area contributed by atoms with Gasteiger partial charge in [-0.25, -0.2) is 0 Å². The van der Waals surface area contributed by atoms with Crippen molar-refractivity contribution in [3.63, 3.8) is 0 Å². The number of hydrogen-bond acceptors (Lipinski definition) is 5. The van der Waals surface area contributed by atoms with E-state index in [9.17, 15) is 18.6 Å². The predicted molar refractivity (Wildman–Crippen MR) is 76.2 cm³/mol. The number of Topliss-reactive ketones (excluding diaryl/α,β-unsaturated/α-hetero) is 2. The molecule has 0 saturated carbocycles. The summed E-state index contributed by atoms with van der Waals surface area (Å²) >= 11 is 0.